The van der Waals surface area contributed by atoms with Crippen LogP contribution in [0.4, 0.5) is 22.7 Å². The minimum atomic E-state index is -1.27. The van der Waals surface area contributed by atoms with Crippen LogP contribution < -0.4 is 24.0 Å². The van der Waals surface area contributed by atoms with Crippen molar-refractivity contribution in [3.05, 3.63) is 156 Å². The van der Waals surface area contributed by atoms with Crippen LogP contribution in [-0.4, -0.2) is 33.3 Å². The molecule has 0 radical (unpaired) electrons. The van der Waals surface area contributed by atoms with Gasteiger partial charge in [-0.1, -0.05) is 72.8 Å². The van der Waals surface area contributed by atoms with Crippen LogP contribution in [0.25, 0.3) is 11.1 Å². The molecule has 0 bridgehead atoms. The molecule has 6 aromatic carbocycles. The smallest absolute Gasteiger partial charge is 0.340 e. The van der Waals surface area contributed by atoms with Crippen molar-refractivity contribution in [3.8, 4) is 34.1 Å². The Morgan fingerprint density at radius 3 is 1.86 bits per heavy atom. The molecule has 0 aliphatic carbocycles. The van der Waals surface area contributed by atoms with Crippen molar-refractivity contribution in [2.24, 2.45) is 0 Å². The number of anilines is 4. The second-order valence-corrected chi connectivity index (χ2v) is 12.5. The largest absolute Gasteiger partial charge is 0.495 e. The zero-order valence-electron chi connectivity index (χ0n) is 29.1. The molecule has 254 valence electrons. The lowest BCUT2D eigenvalue weighted by Gasteiger charge is -2.39. The maximum Gasteiger partial charge on any atom is 0.340 e. The van der Waals surface area contributed by atoms with E-state index in [1.807, 2.05) is 97.1 Å². The summed E-state index contributed by atoms with van der Waals surface area (Å²) in [6, 6.07) is 44.1. The molecule has 2 aliphatic rings. The predicted octanol–water partition coefficient (Wildman–Crippen LogP) is 10.3. The zero-order valence-corrected chi connectivity index (χ0v) is 29.1. The van der Waals surface area contributed by atoms with E-state index in [-0.39, 0.29) is 5.97 Å². The van der Waals surface area contributed by atoms with Gasteiger partial charge in [0, 0.05) is 47.1 Å². The van der Waals surface area contributed by atoms with Gasteiger partial charge in [0.05, 0.1) is 36.8 Å². The number of nitrogens with zero attached hydrogens (tertiary/aromatic N) is 2. The average molecular weight is 675 g/mol. The number of fused-ring (bicyclic) bond motifs is 6. The molecule has 7 heteroatoms. The van der Waals surface area contributed by atoms with E-state index in [0.29, 0.717) is 34.1 Å². The molecular formula is C44H38N2O5. The number of benzene rings is 6. The number of hydrogen-bond donors (Lipinski definition) is 0. The van der Waals surface area contributed by atoms with Crippen molar-refractivity contribution in [2.45, 2.75) is 19.4 Å². The second-order valence-electron chi connectivity index (χ2n) is 12.5. The Bertz CT molecular complexity index is 2220. The van der Waals surface area contributed by atoms with Gasteiger partial charge in [0.1, 0.15) is 23.0 Å². The van der Waals surface area contributed by atoms with Gasteiger partial charge in [-0.3, -0.25) is 0 Å². The van der Waals surface area contributed by atoms with Gasteiger partial charge in [0.25, 0.3) is 0 Å². The predicted molar refractivity (Wildman–Crippen MR) is 201 cm³/mol. The fraction of sp³-hybridized carbons (Fsp3) is 0.159. The quantitative estimate of drug-likeness (QED) is 0.142. The molecule has 1 spiro atoms. The molecular weight excluding hydrogens is 636 g/mol. The number of hydrogen-bond acceptors (Lipinski definition) is 7. The van der Waals surface area contributed by atoms with Crippen LogP contribution in [0.5, 0.6) is 23.0 Å². The van der Waals surface area contributed by atoms with Crippen molar-refractivity contribution in [2.75, 3.05) is 37.1 Å². The van der Waals surface area contributed by atoms with Crippen LogP contribution in [0.3, 0.4) is 0 Å². The van der Waals surface area contributed by atoms with E-state index < -0.39 is 5.60 Å². The summed E-state index contributed by atoms with van der Waals surface area (Å²) in [5.41, 5.74) is 6.87. The Hall–Kier alpha value is -6.21. The first-order chi connectivity index (χ1) is 25.0. The molecule has 6 aromatic rings. The standard InChI is InChI=1S/C44H38N2O5/c1-5-45(6-2)30-24-25-34-41(26-30)50-42-27-32(29-16-8-7-9-17-29)38(28-35(42)44(34)33-19-11-10-18-31(33)43(47)51-44)46(36-20-12-14-22-39(36)48-3)37-21-13-15-23-40(37)49-4/h7-28H,5-6H2,1-4H3. The molecule has 0 saturated carbocycles. The maximum absolute atomic E-state index is 13.8. The molecule has 8 rings (SSSR count). The van der Waals surface area contributed by atoms with Crippen molar-refractivity contribution < 1.29 is 23.7 Å². The third-order valence-corrected chi connectivity index (χ3v) is 9.92. The topological polar surface area (TPSA) is 60.5 Å². The summed E-state index contributed by atoms with van der Waals surface area (Å²) < 4.78 is 25.5. The van der Waals surface area contributed by atoms with Crippen molar-refractivity contribution in [3.63, 3.8) is 0 Å². The summed E-state index contributed by atoms with van der Waals surface area (Å²) in [5.74, 6) is 2.23. The molecule has 1 unspecified atom stereocenters. The first-order valence-electron chi connectivity index (χ1n) is 17.2. The number of ether oxygens (including phenoxy) is 4. The Balaban J connectivity index is 1.48. The number of carbonyl (C=O) groups is 1. The van der Waals surface area contributed by atoms with E-state index in [4.69, 9.17) is 18.9 Å². The lowest BCUT2D eigenvalue weighted by atomic mass is 9.76. The third-order valence-electron chi connectivity index (χ3n) is 9.92. The Morgan fingerprint density at radius 2 is 1.20 bits per heavy atom. The fourth-order valence-corrected chi connectivity index (χ4v) is 7.53. The van der Waals surface area contributed by atoms with Gasteiger partial charge in [0.15, 0.2) is 5.60 Å². The third kappa shape index (κ3) is 5.07. The number of esters is 1. The van der Waals surface area contributed by atoms with E-state index in [2.05, 4.69) is 60.0 Å². The zero-order chi connectivity index (χ0) is 35.1. The molecule has 2 aliphatic heterocycles. The van der Waals surface area contributed by atoms with Crippen LogP contribution in [0.15, 0.2) is 133 Å². The van der Waals surface area contributed by atoms with Gasteiger partial charge in [-0.2, -0.15) is 0 Å². The number of rotatable bonds is 9. The summed E-state index contributed by atoms with van der Waals surface area (Å²) >= 11 is 0. The van der Waals surface area contributed by atoms with Crippen molar-refractivity contribution in [1.29, 1.82) is 0 Å². The highest BCUT2D eigenvalue weighted by Crippen LogP contribution is 2.59. The molecule has 51 heavy (non-hydrogen) atoms. The van der Waals surface area contributed by atoms with Gasteiger partial charge < -0.3 is 28.7 Å². The van der Waals surface area contributed by atoms with Gasteiger partial charge in [-0.25, -0.2) is 4.79 Å². The van der Waals surface area contributed by atoms with Gasteiger partial charge in [-0.15, -0.1) is 0 Å². The average Bonchev–Trinajstić information content (AvgIpc) is 3.48. The second kappa shape index (κ2) is 12.9. The molecule has 1 atom stereocenters. The lowest BCUT2D eigenvalue weighted by Crippen LogP contribution is -2.33. The molecule has 0 amide bonds. The van der Waals surface area contributed by atoms with Crippen LogP contribution in [-0.2, 0) is 10.3 Å². The van der Waals surface area contributed by atoms with Crippen LogP contribution in [0, 0.1) is 0 Å². The maximum atomic E-state index is 13.8. The van der Waals surface area contributed by atoms with Crippen molar-refractivity contribution >= 4 is 28.7 Å². The van der Waals surface area contributed by atoms with Crippen LogP contribution in [0.1, 0.15) is 40.9 Å². The van der Waals surface area contributed by atoms with Gasteiger partial charge in [0.2, 0.25) is 0 Å². The fourth-order valence-electron chi connectivity index (χ4n) is 7.53. The summed E-state index contributed by atoms with van der Waals surface area (Å²) in [7, 11) is 3.34. The molecule has 0 fully saturated rings. The van der Waals surface area contributed by atoms with E-state index in [0.717, 1.165) is 58.1 Å². The Labute approximate surface area is 298 Å². The first kappa shape index (κ1) is 32.0. The molecule has 0 N–H and O–H groups in total. The highest BCUT2D eigenvalue weighted by molar-refractivity contribution is 5.98. The van der Waals surface area contributed by atoms with E-state index >= 15 is 0 Å². The summed E-state index contributed by atoms with van der Waals surface area (Å²) in [6.45, 7) is 5.97. The molecule has 0 aromatic heterocycles. The number of carbonyl (C=O) groups excluding carboxylic acids is 1. The molecule has 2 heterocycles. The molecule has 7 nitrogen and oxygen atoms in total. The lowest BCUT2D eigenvalue weighted by molar-refractivity contribution is 0.0224. The summed E-state index contributed by atoms with van der Waals surface area (Å²) in [6.07, 6.45) is 0. The highest BCUT2D eigenvalue weighted by Gasteiger charge is 2.54. The SMILES string of the molecule is CCN(CC)c1ccc2c(c1)Oc1cc(-c3ccccc3)c(N(c3ccccc3OC)c3ccccc3OC)cc1C21OC(=O)c2ccccc21. The van der Waals surface area contributed by atoms with Crippen LogP contribution >= 0.6 is 0 Å². The number of methoxy groups -OCH3 is 2. The minimum absolute atomic E-state index is 0.378. The minimum Gasteiger partial charge on any atom is -0.495 e. The van der Waals surface area contributed by atoms with E-state index in [1.165, 1.54) is 0 Å². The monoisotopic (exact) mass is 674 g/mol. The van der Waals surface area contributed by atoms with Gasteiger partial charge >= 0.3 is 5.97 Å². The Kier molecular flexibility index (Phi) is 8.11. The molecule has 0 saturated heterocycles. The Morgan fingerprint density at radius 1 is 0.588 bits per heavy atom. The summed E-state index contributed by atoms with van der Waals surface area (Å²) in [4.78, 5) is 18.3. The van der Waals surface area contributed by atoms with Crippen molar-refractivity contribution in [1.82, 2.24) is 0 Å². The first-order valence-corrected chi connectivity index (χ1v) is 17.2. The summed E-state index contributed by atoms with van der Waals surface area (Å²) in [5, 5.41) is 0. The van der Waals surface area contributed by atoms with Gasteiger partial charge in [-0.05, 0) is 74.0 Å². The van der Waals surface area contributed by atoms with E-state index in [1.54, 1.807) is 14.2 Å². The highest BCUT2D eigenvalue weighted by atomic mass is 16.6. The number of para-hydroxylation sites is 4. The normalized spacial score (nSPS) is 15.3. The van der Waals surface area contributed by atoms with E-state index in [9.17, 15) is 4.79 Å². The van der Waals surface area contributed by atoms with Crippen LogP contribution in [0.2, 0.25) is 0 Å².